The van der Waals surface area contributed by atoms with Crippen LogP contribution in [0.3, 0.4) is 0 Å². The van der Waals surface area contributed by atoms with E-state index in [1.165, 1.54) is 11.8 Å². The molecule has 1 aliphatic rings. The second-order valence-electron chi connectivity index (χ2n) is 5.57. The monoisotopic (exact) mass is 335 g/mol. The summed E-state index contributed by atoms with van der Waals surface area (Å²) in [5.74, 6) is 0.781. The van der Waals surface area contributed by atoms with Gasteiger partial charge in [0.25, 0.3) is 0 Å². The first-order chi connectivity index (χ1) is 11.2. The third kappa shape index (κ3) is 3.97. The molecule has 2 aromatic rings. The number of ether oxygens (including phenoxy) is 2. The molecule has 1 aliphatic heterocycles. The van der Waals surface area contributed by atoms with Gasteiger partial charge < -0.3 is 19.8 Å². The van der Waals surface area contributed by atoms with Crippen molar-refractivity contribution in [1.29, 1.82) is 0 Å². The van der Waals surface area contributed by atoms with Gasteiger partial charge in [-0.25, -0.2) is 4.98 Å². The van der Waals surface area contributed by atoms with Gasteiger partial charge in [0.1, 0.15) is 5.75 Å². The van der Waals surface area contributed by atoms with Crippen LogP contribution in [0.2, 0.25) is 0 Å². The van der Waals surface area contributed by atoms with Crippen molar-refractivity contribution in [1.82, 2.24) is 15.3 Å². The van der Waals surface area contributed by atoms with Gasteiger partial charge in [-0.15, -0.1) is 0 Å². The highest BCUT2D eigenvalue weighted by atomic mass is 32.2. The van der Waals surface area contributed by atoms with E-state index in [2.05, 4.69) is 15.3 Å². The molecule has 0 radical (unpaired) electrons. The normalized spacial score (nSPS) is 19.0. The average molecular weight is 335 g/mol. The van der Waals surface area contributed by atoms with Crippen LogP contribution in [0.15, 0.2) is 23.4 Å². The number of hydrogen-bond acceptors (Lipinski definition) is 5. The van der Waals surface area contributed by atoms with Crippen molar-refractivity contribution in [2.45, 2.75) is 36.3 Å². The number of rotatable bonds is 6. The molecule has 0 aliphatic carbocycles. The van der Waals surface area contributed by atoms with Crippen molar-refractivity contribution in [2.24, 2.45) is 0 Å². The maximum Gasteiger partial charge on any atom is 0.233 e. The average Bonchev–Trinajstić information content (AvgIpc) is 3.20. The topological polar surface area (TPSA) is 76.2 Å². The van der Waals surface area contributed by atoms with Crippen LogP contribution >= 0.6 is 11.8 Å². The van der Waals surface area contributed by atoms with E-state index in [4.69, 9.17) is 9.47 Å². The second kappa shape index (κ2) is 7.23. The SMILES string of the molecule is COc1ccc2nc(SC(C)C(=O)NCC3CCCO3)[nH]c2c1. The van der Waals surface area contributed by atoms with Crippen molar-refractivity contribution in [3.8, 4) is 5.75 Å². The van der Waals surface area contributed by atoms with E-state index in [1.54, 1.807) is 7.11 Å². The molecule has 2 N–H and O–H groups in total. The first-order valence-corrected chi connectivity index (χ1v) is 8.63. The van der Waals surface area contributed by atoms with E-state index >= 15 is 0 Å². The van der Waals surface area contributed by atoms with Crippen LogP contribution in [0.4, 0.5) is 0 Å². The standard InChI is InChI=1S/C16H21N3O3S/c1-10(15(20)17-9-12-4-3-7-22-12)23-16-18-13-6-5-11(21-2)8-14(13)19-16/h5-6,8,10,12H,3-4,7,9H2,1-2H3,(H,17,20)(H,18,19). The zero-order valence-electron chi connectivity index (χ0n) is 13.3. The summed E-state index contributed by atoms with van der Waals surface area (Å²) in [5.41, 5.74) is 1.76. The summed E-state index contributed by atoms with van der Waals surface area (Å²) in [6.07, 6.45) is 2.26. The Morgan fingerprint density at radius 3 is 3.22 bits per heavy atom. The van der Waals surface area contributed by atoms with Crippen LogP contribution < -0.4 is 10.1 Å². The highest BCUT2D eigenvalue weighted by molar-refractivity contribution is 8.00. The Morgan fingerprint density at radius 1 is 1.61 bits per heavy atom. The number of benzene rings is 1. The third-order valence-corrected chi connectivity index (χ3v) is 4.84. The highest BCUT2D eigenvalue weighted by Crippen LogP contribution is 2.25. The number of nitrogens with zero attached hydrogens (tertiary/aromatic N) is 1. The van der Waals surface area contributed by atoms with Crippen LogP contribution in [-0.4, -0.2) is 47.5 Å². The fraction of sp³-hybridized carbons (Fsp3) is 0.500. The third-order valence-electron chi connectivity index (χ3n) is 3.85. The molecule has 0 saturated carbocycles. The lowest BCUT2D eigenvalue weighted by Gasteiger charge is -2.13. The molecule has 2 heterocycles. The summed E-state index contributed by atoms with van der Waals surface area (Å²) in [6.45, 7) is 3.26. The maximum atomic E-state index is 12.2. The van der Waals surface area contributed by atoms with E-state index in [0.29, 0.717) is 6.54 Å². The number of fused-ring (bicyclic) bond motifs is 1. The van der Waals surface area contributed by atoms with Crippen LogP contribution in [0.1, 0.15) is 19.8 Å². The molecule has 0 spiro atoms. The molecular formula is C16H21N3O3S. The Labute approximate surface area is 139 Å². The first kappa shape index (κ1) is 16.1. The molecule has 1 saturated heterocycles. The Hall–Kier alpha value is -1.73. The fourth-order valence-corrected chi connectivity index (χ4v) is 3.38. The molecule has 1 aromatic heterocycles. The number of carbonyl (C=O) groups excluding carboxylic acids is 1. The van der Waals surface area contributed by atoms with Gasteiger partial charge in [-0.05, 0) is 31.9 Å². The van der Waals surface area contributed by atoms with Gasteiger partial charge in [-0.1, -0.05) is 11.8 Å². The minimum Gasteiger partial charge on any atom is -0.497 e. The Bertz CT molecular complexity index is 682. The lowest BCUT2D eigenvalue weighted by Crippen LogP contribution is -2.36. The van der Waals surface area contributed by atoms with Gasteiger partial charge in [0.05, 0.1) is 29.5 Å². The Kier molecular flexibility index (Phi) is 5.07. The Balaban J connectivity index is 1.57. The lowest BCUT2D eigenvalue weighted by molar-refractivity contribution is -0.120. The number of thioether (sulfide) groups is 1. The molecule has 124 valence electrons. The summed E-state index contributed by atoms with van der Waals surface area (Å²) in [6, 6.07) is 5.67. The van der Waals surface area contributed by atoms with Crippen molar-refractivity contribution in [3.63, 3.8) is 0 Å². The number of aromatic amines is 1. The quantitative estimate of drug-likeness (QED) is 0.793. The van der Waals surface area contributed by atoms with E-state index in [0.717, 1.165) is 41.4 Å². The zero-order chi connectivity index (χ0) is 16.2. The summed E-state index contributed by atoms with van der Waals surface area (Å²) in [5, 5.41) is 3.46. The largest absolute Gasteiger partial charge is 0.497 e. The predicted molar refractivity (Wildman–Crippen MR) is 89.9 cm³/mol. The van der Waals surface area contributed by atoms with E-state index < -0.39 is 0 Å². The number of methoxy groups -OCH3 is 1. The smallest absolute Gasteiger partial charge is 0.233 e. The molecular weight excluding hydrogens is 314 g/mol. The molecule has 3 rings (SSSR count). The number of carbonyl (C=O) groups is 1. The molecule has 2 unspecified atom stereocenters. The number of nitrogens with one attached hydrogen (secondary N) is 2. The number of imidazole rings is 1. The van der Waals surface area contributed by atoms with Gasteiger partial charge in [0.2, 0.25) is 5.91 Å². The lowest BCUT2D eigenvalue weighted by atomic mass is 10.2. The van der Waals surface area contributed by atoms with Crippen LogP contribution in [-0.2, 0) is 9.53 Å². The molecule has 23 heavy (non-hydrogen) atoms. The molecule has 6 nitrogen and oxygen atoms in total. The summed E-state index contributed by atoms with van der Waals surface area (Å²) < 4.78 is 10.7. The molecule has 0 bridgehead atoms. The van der Waals surface area contributed by atoms with Gasteiger partial charge >= 0.3 is 0 Å². The van der Waals surface area contributed by atoms with Crippen molar-refractivity contribution < 1.29 is 14.3 Å². The number of hydrogen-bond donors (Lipinski definition) is 2. The fourth-order valence-electron chi connectivity index (χ4n) is 2.53. The summed E-state index contributed by atoms with van der Waals surface area (Å²) in [4.78, 5) is 19.9. The Morgan fingerprint density at radius 2 is 2.48 bits per heavy atom. The number of aromatic nitrogens is 2. The summed E-state index contributed by atoms with van der Waals surface area (Å²) >= 11 is 1.41. The van der Waals surface area contributed by atoms with Gasteiger partial charge in [-0.2, -0.15) is 0 Å². The van der Waals surface area contributed by atoms with Gasteiger partial charge in [-0.3, -0.25) is 4.79 Å². The van der Waals surface area contributed by atoms with E-state index in [-0.39, 0.29) is 17.3 Å². The summed E-state index contributed by atoms with van der Waals surface area (Å²) in [7, 11) is 1.63. The van der Waals surface area contributed by atoms with E-state index in [1.807, 2.05) is 25.1 Å². The van der Waals surface area contributed by atoms with Gasteiger partial charge in [0.15, 0.2) is 5.16 Å². The minimum absolute atomic E-state index is 0.00327. The number of amides is 1. The molecule has 1 aromatic carbocycles. The van der Waals surface area contributed by atoms with Crippen molar-refractivity contribution in [2.75, 3.05) is 20.3 Å². The number of H-pyrrole nitrogens is 1. The molecule has 7 heteroatoms. The van der Waals surface area contributed by atoms with E-state index in [9.17, 15) is 4.79 Å². The molecule has 1 amide bonds. The van der Waals surface area contributed by atoms with Crippen molar-refractivity contribution >= 4 is 28.7 Å². The maximum absolute atomic E-state index is 12.2. The second-order valence-corrected chi connectivity index (χ2v) is 6.89. The van der Waals surface area contributed by atoms with Gasteiger partial charge in [0, 0.05) is 19.2 Å². The van der Waals surface area contributed by atoms with Crippen molar-refractivity contribution in [3.05, 3.63) is 18.2 Å². The molecule has 2 atom stereocenters. The highest BCUT2D eigenvalue weighted by Gasteiger charge is 2.20. The zero-order valence-corrected chi connectivity index (χ0v) is 14.1. The minimum atomic E-state index is -0.223. The van der Waals surface area contributed by atoms with Crippen LogP contribution in [0.25, 0.3) is 11.0 Å². The van der Waals surface area contributed by atoms with Crippen LogP contribution in [0.5, 0.6) is 5.75 Å². The first-order valence-electron chi connectivity index (χ1n) is 7.75. The molecule has 1 fully saturated rings. The van der Waals surface area contributed by atoms with Crippen LogP contribution in [0, 0.1) is 0 Å². The predicted octanol–water partition coefficient (Wildman–Crippen LogP) is 2.35.